The van der Waals surface area contributed by atoms with Gasteiger partial charge in [-0.05, 0) is 43.7 Å². The van der Waals surface area contributed by atoms with Gasteiger partial charge in [0, 0.05) is 5.56 Å². The van der Waals surface area contributed by atoms with Crippen molar-refractivity contribution in [1.82, 2.24) is 4.57 Å². The molecule has 4 rings (SSSR count). The smallest absolute Gasteiger partial charge is 0.338 e. The number of carbonyl (C=O) groups is 2. The maximum Gasteiger partial charge on any atom is 0.338 e. The van der Waals surface area contributed by atoms with Crippen LogP contribution < -0.4 is 19.6 Å². The number of allylic oxidation sites excluding steroid dienone is 1. The van der Waals surface area contributed by atoms with Crippen LogP contribution in [-0.2, 0) is 14.3 Å². The Morgan fingerprint density at radius 3 is 2.46 bits per heavy atom. The largest absolute Gasteiger partial charge is 0.496 e. The molecule has 9 heteroatoms. The maximum absolute atomic E-state index is 13.6. The van der Waals surface area contributed by atoms with E-state index in [9.17, 15) is 14.4 Å². The van der Waals surface area contributed by atoms with Gasteiger partial charge in [0.2, 0.25) is 0 Å². The maximum atomic E-state index is 13.6. The molecule has 1 atom stereocenters. The zero-order valence-corrected chi connectivity index (χ0v) is 20.5. The van der Waals surface area contributed by atoms with Gasteiger partial charge < -0.3 is 14.2 Å². The average Bonchev–Trinajstić information content (AvgIpc) is 3.17. The highest BCUT2D eigenvalue weighted by Gasteiger charge is 2.34. The lowest BCUT2D eigenvalue weighted by molar-refractivity contribution is -0.139. The highest BCUT2D eigenvalue weighted by Crippen LogP contribution is 2.35. The second-order valence-corrected chi connectivity index (χ2v) is 8.67. The molecule has 0 aliphatic carbocycles. The van der Waals surface area contributed by atoms with Crippen molar-refractivity contribution in [2.24, 2.45) is 4.99 Å². The third-order valence-electron chi connectivity index (χ3n) is 5.58. The van der Waals surface area contributed by atoms with Crippen molar-refractivity contribution in [2.75, 3.05) is 20.8 Å². The van der Waals surface area contributed by atoms with E-state index in [1.54, 1.807) is 57.4 Å². The number of fused-ring (bicyclic) bond motifs is 1. The van der Waals surface area contributed by atoms with Crippen molar-refractivity contribution in [2.45, 2.75) is 19.9 Å². The molecule has 0 bridgehead atoms. The molecule has 8 nitrogen and oxygen atoms in total. The Hall–Kier alpha value is -3.98. The van der Waals surface area contributed by atoms with Gasteiger partial charge in [0.05, 0.1) is 42.2 Å². The van der Waals surface area contributed by atoms with Crippen LogP contribution in [0.3, 0.4) is 0 Å². The molecule has 1 aliphatic rings. The molecule has 0 saturated heterocycles. The number of para-hydroxylation sites is 1. The predicted molar refractivity (Wildman–Crippen MR) is 131 cm³/mol. The van der Waals surface area contributed by atoms with E-state index in [2.05, 4.69) is 4.99 Å². The molecule has 0 spiro atoms. The Labute approximate surface area is 205 Å². The first-order chi connectivity index (χ1) is 16.9. The lowest BCUT2D eigenvalue weighted by Gasteiger charge is -2.25. The molecule has 180 valence electrons. The molecule has 0 fully saturated rings. The number of thiazole rings is 1. The fraction of sp³-hybridized carbons (Fsp3) is 0.231. The van der Waals surface area contributed by atoms with Crippen LogP contribution >= 0.6 is 11.3 Å². The van der Waals surface area contributed by atoms with Crippen molar-refractivity contribution in [3.63, 3.8) is 0 Å². The number of aromatic nitrogens is 1. The summed E-state index contributed by atoms with van der Waals surface area (Å²) in [5.74, 6) is -0.422. The van der Waals surface area contributed by atoms with Crippen molar-refractivity contribution in [3.8, 4) is 5.75 Å². The molecule has 2 heterocycles. The summed E-state index contributed by atoms with van der Waals surface area (Å²) in [6, 6.07) is 13.2. The van der Waals surface area contributed by atoms with Gasteiger partial charge in [-0.25, -0.2) is 14.6 Å². The number of methoxy groups -OCH3 is 2. The zero-order valence-electron chi connectivity index (χ0n) is 19.7. The first-order valence-corrected chi connectivity index (χ1v) is 11.7. The highest BCUT2D eigenvalue weighted by molar-refractivity contribution is 7.07. The Morgan fingerprint density at radius 2 is 1.80 bits per heavy atom. The van der Waals surface area contributed by atoms with E-state index >= 15 is 0 Å². The molecule has 2 aromatic carbocycles. The summed E-state index contributed by atoms with van der Waals surface area (Å²) in [5.41, 5.74) is 2.28. The Morgan fingerprint density at radius 1 is 1.09 bits per heavy atom. The van der Waals surface area contributed by atoms with Gasteiger partial charge in [0.25, 0.3) is 5.56 Å². The van der Waals surface area contributed by atoms with E-state index in [0.717, 1.165) is 5.56 Å². The number of hydrogen-bond donors (Lipinski definition) is 0. The molecule has 0 saturated carbocycles. The van der Waals surface area contributed by atoms with Gasteiger partial charge in [0.15, 0.2) is 4.80 Å². The fourth-order valence-electron chi connectivity index (χ4n) is 3.96. The summed E-state index contributed by atoms with van der Waals surface area (Å²) >= 11 is 1.22. The fourth-order valence-corrected chi connectivity index (χ4v) is 5.01. The van der Waals surface area contributed by atoms with Crippen molar-refractivity contribution < 1.29 is 23.8 Å². The normalized spacial score (nSPS) is 15.3. The van der Waals surface area contributed by atoms with E-state index in [-0.39, 0.29) is 17.7 Å². The van der Waals surface area contributed by atoms with E-state index in [1.807, 2.05) is 18.2 Å². The summed E-state index contributed by atoms with van der Waals surface area (Å²) in [5, 5.41) is 0. The standard InChI is InChI=1S/C26H24N2O6S/c1-5-34-25(31)21-15(2)27-26-28(22(21)18-8-6-7-9-19(18)32-3)23(29)20(35-26)14-16-10-12-17(13-11-16)24(30)33-4/h6-14,22H,5H2,1-4H3. The summed E-state index contributed by atoms with van der Waals surface area (Å²) in [6.07, 6.45) is 1.73. The Kier molecular flexibility index (Phi) is 6.97. The summed E-state index contributed by atoms with van der Waals surface area (Å²) in [7, 11) is 2.86. The van der Waals surface area contributed by atoms with Gasteiger partial charge in [-0.1, -0.05) is 41.7 Å². The third-order valence-corrected chi connectivity index (χ3v) is 6.56. The molecular weight excluding hydrogens is 468 g/mol. The van der Waals surface area contributed by atoms with Crippen LogP contribution in [0.25, 0.3) is 6.08 Å². The van der Waals surface area contributed by atoms with E-state index in [1.165, 1.54) is 23.0 Å². The Bertz CT molecular complexity index is 1500. The second-order valence-electron chi connectivity index (χ2n) is 7.66. The van der Waals surface area contributed by atoms with Gasteiger partial charge >= 0.3 is 11.9 Å². The molecule has 0 radical (unpaired) electrons. The van der Waals surface area contributed by atoms with E-state index in [0.29, 0.717) is 31.9 Å². The van der Waals surface area contributed by atoms with Crippen molar-refractivity contribution in [1.29, 1.82) is 0 Å². The minimum absolute atomic E-state index is 0.195. The van der Waals surface area contributed by atoms with E-state index < -0.39 is 18.0 Å². The average molecular weight is 493 g/mol. The van der Waals surface area contributed by atoms with Crippen LogP contribution in [0.1, 0.15) is 41.4 Å². The minimum atomic E-state index is -0.759. The molecule has 1 aromatic heterocycles. The molecule has 1 unspecified atom stereocenters. The van der Waals surface area contributed by atoms with Gasteiger partial charge in [0.1, 0.15) is 11.8 Å². The Balaban J connectivity index is 1.91. The van der Waals surface area contributed by atoms with Crippen LogP contribution in [0, 0.1) is 0 Å². The van der Waals surface area contributed by atoms with Crippen LogP contribution in [0.5, 0.6) is 5.75 Å². The number of benzene rings is 2. The number of carbonyl (C=O) groups excluding carboxylic acids is 2. The van der Waals surface area contributed by atoms with Crippen molar-refractivity contribution in [3.05, 3.63) is 96.2 Å². The van der Waals surface area contributed by atoms with Gasteiger partial charge in [-0.2, -0.15) is 0 Å². The van der Waals surface area contributed by atoms with Crippen LogP contribution in [0.15, 0.2) is 69.6 Å². The quantitative estimate of drug-likeness (QED) is 0.491. The lowest BCUT2D eigenvalue weighted by atomic mass is 9.95. The molecule has 0 amide bonds. The minimum Gasteiger partial charge on any atom is -0.496 e. The summed E-state index contributed by atoms with van der Waals surface area (Å²) < 4.78 is 17.6. The van der Waals surface area contributed by atoms with Gasteiger partial charge in [-0.3, -0.25) is 9.36 Å². The summed E-state index contributed by atoms with van der Waals surface area (Å²) in [4.78, 5) is 43.4. The topological polar surface area (TPSA) is 96.2 Å². The first kappa shape index (κ1) is 24.2. The number of ether oxygens (including phenoxy) is 3. The number of hydrogen-bond acceptors (Lipinski definition) is 8. The molecule has 35 heavy (non-hydrogen) atoms. The van der Waals surface area contributed by atoms with E-state index in [4.69, 9.17) is 14.2 Å². The third kappa shape index (κ3) is 4.54. The zero-order chi connectivity index (χ0) is 25.1. The summed E-state index contributed by atoms with van der Waals surface area (Å²) in [6.45, 7) is 3.66. The molecule has 3 aromatic rings. The monoisotopic (exact) mass is 492 g/mol. The number of esters is 2. The molecule has 0 N–H and O–H groups in total. The van der Waals surface area contributed by atoms with Crippen LogP contribution in [0.2, 0.25) is 0 Å². The second kappa shape index (κ2) is 10.1. The van der Waals surface area contributed by atoms with Crippen LogP contribution in [0.4, 0.5) is 0 Å². The number of rotatable bonds is 6. The van der Waals surface area contributed by atoms with Crippen molar-refractivity contribution >= 4 is 29.4 Å². The lowest BCUT2D eigenvalue weighted by Crippen LogP contribution is -2.40. The predicted octanol–water partition coefficient (Wildman–Crippen LogP) is 2.59. The highest BCUT2D eigenvalue weighted by atomic mass is 32.1. The van der Waals surface area contributed by atoms with Crippen LogP contribution in [-0.4, -0.2) is 37.3 Å². The SMILES string of the molecule is CCOC(=O)C1=C(C)N=c2sc(=Cc3ccc(C(=O)OC)cc3)c(=O)n2C1c1ccccc1OC. The molecule has 1 aliphatic heterocycles. The first-order valence-electron chi connectivity index (χ1n) is 10.9. The molecular formula is C26H24N2O6S. The number of nitrogens with zero attached hydrogens (tertiary/aromatic N) is 2. The van der Waals surface area contributed by atoms with Gasteiger partial charge in [-0.15, -0.1) is 0 Å².